The molecule has 0 aromatic carbocycles. The van der Waals surface area contributed by atoms with Gasteiger partial charge in [0, 0.05) is 12.0 Å². The molecule has 0 unspecified atom stereocenters. The predicted octanol–water partition coefficient (Wildman–Crippen LogP) is 8.64. The lowest BCUT2D eigenvalue weighted by atomic mass is 9.76. The fourth-order valence-electron chi connectivity index (χ4n) is 3.87. The Morgan fingerprint density at radius 1 is 0.868 bits per heavy atom. The van der Waals surface area contributed by atoms with Crippen molar-refractivity contribution >= 4 is 67.9 Å². The fraction of sp³-hybridized carbons (Fsp3) is 0.571. The van der Waals surface area contributed by atoms with E-state index in [0.29, 0.717) is 10.3 Å². The van der Waals surface area contributed by atoms with Crippen LogP contribution in [0.4, 0.5) is 0 Å². The van der Waals surface area contributed by atoms with Gasteiger partial charge in [-0.2, -0.15) is 0 Å². The standard InChI is InChI=1S/C16H24BrNO2Si.C7H12O2.C5H3Br2N/c1-16(2,3)21(4,5)20-12-9-11(10-12)15(19)13-7-6-8-14(17)18-13;1-5-3-6(4-5)7(8)9-2;6-4-2-1-3-5(7)8-4/h6-8,11-12H,9-10H2,1-5H3;5-6H,3-4H2,1-2H3;1-3H. The molecule has 0 saturated heterocycles. The Morgan fingerprint density at radius 2 is 1.37 bits per heavy atom. The van der Waals surface area contributed by atoms with E-state index in [9.17, 15) is 9.59 Å². The number of esters is 1. The summed E-state index contributed by atoms with van der Waals surface area (Å²) in [5, 5.41) is 0.216. The zero-order chi connectivity index (χ0) is 28.7. The van der Waals surface area contributed by atoms with Crippen LogP contribution in [0.1, 0.15) is 63.9 Å². The van der Waals surface area contributed by atoms with E-state index >= 15 is 0 Å². The molecule has 2 fully saturated rings. The average Bonchev–Trinajstić information content (AvgIpc) is 2.78. The lowest BCUT2D eigenvalue weighted by Gasteiger charge is -2.44. The van der Waals surface area contributed by atoms with Gasteiger partial charge in [-0.05, 0) is 122 Å². The number of nitrogens with zero attached hydrogens (tertiary/aromatic N) is 2. The fourth-order valence-corrected chi connectivity index (χ4v) is 6.52. The van der Waals surface area contributed by atoms with Crippen molar-refractivity contribution in [2.24, 2.45) is 17.8 Å². The molecule has 4 rings (SSSR count). The van der Waals surface area contributed by atoms with Gasteiger partial charge in [0.15, 0.2) is 14.1 Å². The van der Waals surface area contributed by atoms with Crippen molar-refractivity contribution in [3.05, 3.63) is 55.9 Å². The first-order valence-electron chi connectivity index (χ1n) is 12.8. The lowest BCUT2D eigenvalue weighted by Crippen LogP contribution is -2.48. The van der Waals surface area contributed by atoms with E-state index in [1.54, 1.807) is 6.07 Å². The minimum atomic E-state index is -1.72. The molecule has 6 nitrogen and oxygen atoms in total. The Morgan fingerprint density at radius 3 is 1.76 bits per heavy atom. The highest BCUT2D eigenvalue weighted by atomic mass is 79.9. The molecule has 0 spiro atoms. The third kappa shape index (κ3) is 10.2. The van der Waals surface area contributed by atoms with Crippen LogP contribution < -0.4 is 0 Å². The summed E-state index contributed by atoms with van der Waals surface area (Å²) in [7, 11) is -0.275. The van der Waals surface area contributed by atoms with Gasteiger partial charge in [-0.3, -0.25) is 9.59 Å². The first kappa shape index (κ1) is 33.3. The number of carbonyl (C=O) groups is 2. The molecule has 2 heterocycles. The van der Waals surface area contributed by atoms with Gasteiger partial charge in [0.05, 0.1) is 13.0 Å². The zero-order valence-corrected chi connectivity index (χ0v) is 29.0. The monoisotopic (exact) mass is 732 g/mol. The van der Waals surface area contributed by atoms with E-state index in [0.717, 1.165) is 40.8 Å². The summed E-state index contributed by atoms with van der Waals surface area (Å²) >= 11 is 9.75. The van der Waals surface area contributed by atoms with Gasteiger partial charge in [0.25, 0.3) is 0 Å². The second kappa shape index (κ2) is 14.6. The van der Waals surface area contributed by atoms with Crippen LogP contribution in [0.5, 0.6) is 0 Å². The van der Waals surface area contributed by atoms with Gasteiger partial charge >= 0.3 is 5.97 Å². The van der Waals surface area contributed by atoms with Crippen molar-refractivity contribution in [2.45, 2.75) is 77.6 Å². The number of aromatic nitrogens is 2. The highest BCUT2D eigenvalue weighted by molar-refractivity contribution is 9.11. The molecule has 0 radical (unpaired) electrons. The number of ether oxygens (including phenoxy) is 1. The van der Waals surface area contributed by atoms with Crippen LogP contribution in [0.15, 0.2) is 50.2 Å². The van der Waals surface area contributed by atoms with Crippen LogP contribution in [-0.4, -0.2) is 43.3 Å². The predicted molar refractivity (Wildman–Crippen MR) is 165 cm³/mol. The number of rotatable bonds is 5. The van der Waals surface area contributed by atoms with Crippen LogP contribution in [-0.2, 0) is 14.0 Å². The van der Waals surface area contributed by atoms with Crippen LogP contribution >= 0.6 is 47.8 Å². The SMILES string of the molecule is Brc1cccc(Br)n1.CC(C)(C)[Si](C)(C)OC1CC(C(=O)c2cccc(Br)n2)C1.COC(=O)C1CC(C)C1. The van der Waals surface area contributed by atoms with E-state index in [1.165, 1.54) is 7.11 Å². The number of methoxy groups -OCH3 is 1. The van der Waals surface area contributed by atoms with Gasteiger partial charge in [0.2, 0.25) is 0 Å². The topological polar surface area (TPSA) is 78.4 Å². The Kier molecular flexibility index (Phi) is 12.8. The first-order chi connectivity index (χ1) is 17.6. The number of hydrogen-bond donors (Lipinski definition) is 0. The quantitative estimate of drug-likeness (QED) is 0.133. The Hall–Kier alpha value is -0.943. The highest BCUT2D eigenvalue weighted by Gasteiger charge is 2.44. The van der Waals surface area contributed by atoms with Crippen molar-refractivity contribution in [3.63, 3.8) is 0 Å². The molecule has 0 bridgehead atoms. The van der Waals surface area contributed by atoms with Gasteiger partial charge in [0.1, 0.15) is 19.5 Å². The molecule has 10 heteroatoms. The van der Waals surface area contributed by atoms with Gasteiger partial charge in [-0.25, -0.2) is 9.97 Å². The normalized spacial score (nSPS) is 22.4. The van der Waals surface area contributed by atoms with Crippen molar-refractivity contribution in [1.82, 2.24) is 9.97 Å². The summed E-state index contributed by atoms with van der Waals surface area (Å²) in [5.41, 5.74) is 0.556. The van der Waals surface area contributed by atoms with Gasteiger partial charge < -0.3 is 9.16 Å². The van der Waals surface area contributed by atoms with E-state index in [2.05, 4.69) is 103 Å². The van der Waals surface area contributed by atoms with Gasteiger partial charge in [-0.15, -0.1) is 0 Å². The minimum absolute atomic E-state index is 0.0342. The number of Topliss-reactive ketones (excluding diaryl/α,β-unsaturated/α-hetero) is 1. The van der Waals surface area contributed by atoms with Crippen LogP contribution in [0.25, 0.3) is 0 Å². The number of pyridine rings is 2. The van der Waals surface area contributed by atoms with Crippen molar-refractivity contribution in [3.8, 4) is 0 Å². The zero-order valence-electron chi connectivity index (χ0n) is 23.3. The highest BCUT2D eigenvalue weighted by Crippen LogP contribution is 2.42. The molecule has 2 saturated carbocycles. The third-order valence-corrected chi connectivity index (χ3v) is 13.1. The molecule has 38 heavy (non-hydrogen) atoms. The number of carbonyl (C=O) groups excluding carboxylic acids is 2. The largest absolute Gasteiger partial charge is 0.469 e. The number of halogens is 3. The molecule has 2 aliphatic carbocycles. The van der Waals surface area contributed by atoms with Gasteiger partial charge in [-0.1, -0.05) is 39.8 Å². The van der Waals surface area contributed by atoms with E-state index in [4.69, 9.17) is 4.43 Å². The van der Waals surface area contributed by atoms with E-state index in [1.807, 2.05) is 30.3 Å². The van der Waals surface area contributed by atoms with E-state index in [-0.39, 0.29) is 34.7 Å². The molecular weight excluding hydrogens is 696 g/mol. The number of ketones is 1. The summed E-state index contributed by atoms with van der Waals surface area (Å²) in [5.74, 6) is 1.13. The Balaban J connectivity index is 0.000000243. The maximum Gasteiger partial charge on any atom is 0.308 e. The second-order valence-electron chi connectivity index (χ2n) is 11.5. The molecule has 210 valence electrons. The number of hydrogen-bond acceptors (Lipinski definition) is 6. The Labute approximate surface area is 253 Å². The smallest absolute Gasteiger partial charge is 0.308 e. The maximum absolute atomic E-state index is 12.4. The second-order valence-corrected chi connectivity index (χ2v) is 18.7. The lowest BCUT2D eigenvalue weighted by molar-refractivity contribution is -0.149. The molecule has 2 aromatic heterocycles. The molecule has 0 amide bonds. The average molecular weight is 735 g/mol. The van der Waals surface area contributed by atoms with Crippen LogP contribution in [0.2, 0.25) is 18.1 Å². The summed E-state index contributed by atoms with van der Waals surface area (Å²) in [6.45, 7) is 13.4. The Bertz CT molecular complexity index is 1060. The summed E-state index contributed by atoms with van der Waals surface area (Å²) in [4.78, 5) is 31.3. The molecule has 0 atom stereocenters. The van der Waals surface area contributed by atoms with Crippen molar-refractivity contribution in [2.75, 3.05) is 7.11 Å². The molecule has 2 aromatic rings. The van der Waals surface area contributed by atoms with E-state index < -0.39 is 8.32 Å². The van der Waals surface area contributed by atoms with Crippen LogP contribution in [0.3, 0.4) is 0 Å². The van der Waals surface area contributed by atoms with Crippen molar-refractivity contribution in [1.29, 1.82) is 0 Å². The molecule has 0 aliphatic heterocycles. The minimum Gasteiger partial charge on any atom is -0.469 e. The van der Waals surface area contributed by atoms with Crippen LogP contribution in [0, 0.1) is 17.8 Å². The molecule has 0 N–H and O–H groups in total. The molecular formula is C28H39Br3N2O4Si. The molecule has 2 aliphatic rings. The summed E-state index contributed by atoms with van der Waals surface area (Å²) < 4.78 is 13.3. The summed E-state index contributed by atoms with van der Waals surface area (Å²) in [6.07, 6.45) is 3.95. The third-order valence-electron chi connectivity index (χ3n) is 7.29. The maximum atomic E-state index is 12.4. The first-order valence-corrected chi connectivity index (χ1v) is 18.1. The van der Waals surface area contributed by atoms with Crippen molar-refractivity contribution < 1.29 is 18.8 Å². The summed E-state index contributed by atoms with van der Waals surface area (Å²) in [6, 6.07) is 11.2.